The Bertz CT molecular complexity index is 1110. The summed E-state index contributed by atoms with van der Waals surface area (Å²) in [7, 11) is 0. The van der Waals surface area contributed by atoms with Crippen LogP contribution in [0.25, 0.3) is 16.9 Å². The molecule has 2 aliphatic heterocycles. The van der Waals surface area contributed by atoms with Gasteiger partial charge in [0.05, 0.1) is 11.7 Å². The number of aryl methyl sites for hydroxylation is 1. The van der Waals surface area contributed by atoms with Crippen molar-refractivity contribution >= 4 is 17.2 Å². The third kappa shape index (κ3) is 2.61. The van der Waals surface area contributed by atoms with Crippen molar-refractivity contribution in [3.05, 3.63) is 47.8 Å². The summed E-state index contributed by atoms with van der Waals surface area (Å²) >= 11 is 0. The second-order valence-corrected chi connectivity index (χ2v) is 7.59. The van der Waals surface area contributed by atoms with Crippen molar-refractivity contribution in [1.29, 1.82) is 5.26 Å². The number of anilines is 1. The molecular formula is C21H20N6O. The highest BCUT2D eigenvalue weighted by atomic mass is 16.2. The van der Waals surface area contributed by atoms with Crippen LogP contribution in [-0.4, -0.2) is 37.6 Å². The van der Waals surface area contributed by atoms with Crippen molar-refractivity contribution in [2.45, 2.75) is 44.7 Å². The third-order valence-electron chi connectivity index (χ3n) is 5.88. The lowest BCUT2D eigenvalue weighted by Gasteiger charge is -2.52. The fraction of sp³-hybridized carbons (Fsp3) is 0.333. The first-order valence-electron chi connectivity index (χ1n) is 9.59. The van der Waals surface area contributed by atoms with Crippen LogP contribution in [0.15, 0.2) is 36.5 Å². The molecular weight excluding hydrogens is 352 g/mol. The standard InChI is InChI=1S/C21H20N6O/c1-13-5-6-14(24-21(28)26-15-3-2-4-16(26)10-15)9-19(13)20-23-12-18-8-7-17(11-22)27(18)25-20/h5-9,12,15-16H,2-4,10H2,1H3,(H,24,28). The van der Waals surface area contributed by atoms with E-state index in [1.807, 2.05) is 36.1 Å². The average Bonchev–Trinajstić information content (AvgIpc) is 3.12. The molecule has 140 valence electrons. The van der Waals surface area contributed by atoms with E-state index in [-0.39, 0.29) is 6.03 Å². The molecule has 0 spiro atoms. The van der Waals surface area contributed by atoms with Gasteiger partial charge in [-0.05, 0) is 62.4 Å². The lowest BCUT2D eigenvalue weighted by molar-refractivity contribution is 0.0173. The van der Waals surface area contributed by atoms with E-state index in [2.05, 4.69) is 21.5 Å². The number of nitriles is 1. The maximum Gasteiger partial charge on any atom is 0.322 e. The average molecular weight is 372 g/mol. The number of aromatic nitrogens is 3. The van der Waals surface area contributed by atoms with Gasteiger partial charge in [-0.25, -0.2) is 14.3 Å². The van der Waals surface area contributed by atoms with E-state index in [9.17, 15) is 10.1 Å². The smallest absolute Gasteiger partial charge is 0.318 e. The number of urea groups is 1. The van der Waals surface area contributed by atoms with Crippen molar-refractivity contribution in [3.63, 3.8) is 0 Å². The van der Waals surface area contributed by atoms with Crippen molar-refractivity contribution in [2.75, 3.05) is 5.32 Å². The summed E-state index contributed by atoms with van der Waals surface area (Å²) < 4.78 is 1.59. The molecule has 4 heterocycles. The number of carbonyl (C=O) groups is 1. The summed E-state index contributed by atoms with van der Waals surface area (Å²) in [6.07, 6.45) is 6.27. The molecule has 7 heteroatoms. The van der Waals surface area contributed by atoms with Gasteiger partial charge in [0.15, 0.2) is 5.82 Å². The van der Waals surface area contributed by atoms with Crippen LogP contribution >= 0.6 is 0 Å². The molecule has 2 bridgehead atoms. The summed E-state index contributed by atoms with van der Waals surface area (Å²) in [5.41, 5.74) is 3.80. The fourth-order valence-corrected chi connectivity index (χ4v) is 4.37. The quantitative estimate of drug-likeness (QED) is 0.742. The van der Waals surface area contributed by atoms with E-state index in [1.54, 1.807) is 16.8 Å². The number of benzene rings is 1. The van der Waals surface area contributed by atoms with Gasteiger partial charge < -0.3 is 10.2 Å². The minimum absolute atomic E-state index is 0.0238. The largest absolute Gasteiger partial charge is 0.322 e. The Hall–Kier alpha value is -3.40. The summed E-state index contributed by atoms with van der Waals surface area (Å²) in [6, 6.07) is 12.2. The molecule has 2 saturated heterocycles. The van der Waals surface area contributed by atoms with Gasteiger partial charge in [0.1, 0.15) is 11.8 Å². The van der Waals surface area contributed by atoms with Gasteiger partial charge in [0.2, 0.25) is 0 Å². The topological polar surface area (TPSA) is 86.3 Å². The fourth-order valence-electron chi connectivity index (χ4n) is 4.37. The number of amides is 2. The minimum Gasteiger partial charge on any atom is -0.318 e. The Kier molecular flexibility index (Phi) is 3.79. The molecule has 0 aliphatic carbocycles. The molecule has 5 rings (SSSR count). The van der Waals surface area contributed by atoms with Gasteiger partial charge in [0.25, 0.3) is 0 Å². The Morgan fingerprint density at radius 2 is 2.07 bits per heavy atom. The van der Waals surface area contributed by atoms with Crippen LogP contribution in [0.3, 0.4) is 0 Å². The van der Waals surface area contributed by atoms with Gasteiger partial charge in [-0.1, -0.05) is 6.07 Å². The van der Waals surface area contributed by atoms with Crippen LogP contribution in [0, 0.1) is 18.3 Å². The number of fused-ring (bicyclic) bond motifs is 3. The minimum atomic E-state index is -0.0238. The maximum atomic E-state index is 12.7. The highest BCUT2D eigenvalue weighted by Gasteiger charge is 2.44. The SMILES string of the molecule is Cc1ccc(NC(=O)N2C3CCCC2C3)cc1-c1ncc2ccc(C#N)n2n1. The second kappa shape index (κ2) is 6.34. The molecule has 1 aromatic carbocycles. The van der Waals surface area contributed by atoms with Crippen LogP contribution in [0.2, 0.25) is 0 Å². The lowest BCUT2D eigenvalue weighted by Crippen LogP contribution is -2.62. The number of rotatable bonds is 2. The van der Waals surface area contributed by atoms with E-state index in [0.29, 0.717) is 23.6 Å². The Morgan fingerprint density at radius 3 is 2.82 bits per heavy atom. The third-order valence-corrected chi connectivity index (χ3v) is 5.88. The summed E-state index contributed by atoms with van der Waals surface area (Å²) in [5.74, 6) is 0.523. The van der Waals surface area contributed by atoms with Crippen molar-refractivity contribution < 1.29 is 4.79 Å². The number of nitrogens with zero attached hydrogens (tertiary/aromatic N) is 5. The van der Waals surface area contributed by atoms with Crippen molar-refractivity contribution in [3.8, 4) is 17.5 Å². The number of nitrogens with one attached hydrogen (secondary N) is 1. The zero-order chi connectivity index (χ0) is 19.3. The molecule has 2 amide bonds. The van der Waals surface area contributed by atoms with Crippen molar-refractivity contribution in [1.82, 2.24) is 19.5 Å². The van der Waals surface area contributed by atoms with E-state index in [1.165, 1.54) is 6.42 Å². The van der Waals surface area contributed by atoms with Crippen LogP contribution in [0.1, 0.15) is 36.9 Å². The monoisotopic (exact) mass is 372 g/mol. The van der Waals surface area contributed by atoms with Crippen LogP contribution in [0.5, 0.6) is 0 Å². The summed E-state index contributed by atoms with van der Waals surface area (Å²) in [6.45, 7) is 1.98. The summed E-state index contributed by atoms with van der Waals surface area (Å²) in [4.78, 5) is 19.1. The van der Waals surface area contributed by atoms with E-state index < -0.39 is 0 Å². The molecule has 0 saturated carbocycles. The molecule has 2 atom stereocenters. The lowest BCUT2D eigenvalue weighted by atomic mass is 9.80. The van der Waals surface area contributed by atoms with Crippen LogP contribution in [0.4, 0.5) is 10.5 Å². The van der Waals surface area contributed by atoms with Gasteiger partial charge in [-0.3, -0.25) is 0 Å². The Balaban J connectivity index is 1.45. The van der Waals surface area contributed by atoms with Gasteiger partial charge >= 0.3 is 6.03 Å². The van der Waals surface area contributed by atoms with Crippen molar-refractivity contribution in [2.24, 2.45) is 0 Å². The Morgan fingerprint density at radius 1 is 1.25 bits per heavy atom. The van der Waals surface area contributed by atoms with Gasteiger partial charge in [-0.15, -0.1) is 5.10 Å². The molecule has 0 radical (unpaired) electrons. The molecule has 2 aliphatic rings. The van der Waals surface area contributed by atoms with Crippen LogP contribution < -0.4 is 5.32 Å². The molecule has 1 N–H and O–H groups in total. The highest BCUT2D eigenvalue weighted by Crippen LogP contribution is 2.38. The first-order valence-corrected chi connectivity index (χ1v) is 9.59. The molecule has 2 fully saturated rings. The molecule has 7 nitrogen and oxygen atoms in total. The zero-order valence-corrected chi connectivity index (χ0v) is 15.6. The normalized spacial score (nSPS) is 20.5. The second-order valence-electron chi connectivity index (χ2n) is 7.59. The first-order chi connectivity index (χ1) is 13.6. The van der Waals surface area contributed by atoms with E-state index >= 15 is 0 Å². The van der Waals surface area contributed by atoms with Crippen LogP contribution in [-0.2, 0) is 0 Å². The predicted molar refractivity (Wildman–Crippen MR) is 105 cm³/mol. The molecule has 2 unspecified atom stereocenters. The molecule has 3 aromatic rings. The molecule has 2 aromatic heterocycles. The highest BCUT2D eigenvalue weighted by molar-refractivity contribution is 5.91. The first kappa shape index (κ1) is 16.8. The number of piperidine rings is 1. The van der Waals surface area contributed by atoms with Gasteiger partial charge in [0, 0.05) is 23.3 Å². The van der Waals surface area contributed by atoms with E-state index in [4.69, 9.17) is 0 Å². The number of carbonyl (C=O) groups excluding carboxylic acids is 1. The predicted octanol–water partition coefficient (Wildman–Crippen LogP) is 3.74. The van der Waals surface area contributed by atoms with E-state index in [0.717, 1.165) is 41.6 Å². The zero-order valence-electron chi connectivity index (χ0n) is 15.6. The number of hydrogen-bond acceptors (Lipinski definition) is 4. The maximum absolute atomic E-state index is 12.7. The summed E-state index contributed by atoms with van der Waals surface area (Å²) in [5, 5.41) is 16.8. The number of hydrogen-bond donors (Lipinski definition) is 1. The van der Waals surface area contributed by atoms with Gasteiger partial charge in [-0.2, -0.15) is 5.26 Å². The Labute approximate surface area is 162 Å². The molecule has 28 heavy (non-hydrogen) atoms.